The van der Waals surface area contributed by atoms with Gasteiger partial charge in [-0.1, -0.05) is 0 Å². The summed E-state index contributed by atoms with van der Waals surface area (Å²) in [6.45, 7) is 1.17. The van der Waals surface area contributed by atoms with Crippen molar-refractivity contribution in [3.8, 4) is 0 Å². The highest BCUT2D eigenvalue weighted by Gasteiger charge is 2.23. The summed E-state index contributed by atoms with van der Waals surface area (Å²) in [6, 6.07) is 0. The van der Waals surface area contributed by atoms with Gasteiger partial charge in [0.15, 0.2) is 5.82 Å². The molecule has 4 nitrogen and oxygen atoms in total. The van der Waals surface area contributed by atoms with E-state index in [1.807, 2.05) is 0 Å². The first-order chi connectivity index (χ1) is 8.16. The van der Waals surface area contributed by atoms with Crippen LogP contribution in [0.25, 0.3) is 0 Å². The quantitative estimate of drug-likeness (QED) is 0.776. The first-order valence-electron chi connectivity index (χ1n) is 5.44. The predicted octanol–water partition coefficient (Wildman–Crippen LogP) is 1.81. The van der Waals surface area contributed by atoms with Gasteiger partial charge in [0.25, 0.3) is 0 Å². The van der Waals surface area contributed by atoms with Gasteiger partial charge in [0, 0.05) is 19.1 Å². The molecule has 1 aliphatic heterocycles. The monoisotopic (exact) mass is 258 g/mol. The van der Waals surface area contributed by atoms with Crippen LogP contribution in [0.15, 0.2) is 6.20 Å². The number of halogens is 2. The van der Waals surface area contributed by atoms with Gasteiger partial charge in [-0.25, -0.2) is 14.4 Å². The standard InChI is InChI=1S/C11H12ClFN2O2/c12-11-14-6-8(13)9(15-11)5-10(16)7-1-3-17-4-2-7/h6-7H,1-5H2. The Balaban J connectivity index is 2.04. The number of carbonyl (C=O) groups is 1. The lowest BCUT2D eigenvalue weighted by molar-refractivity contribution is -0.125. The first-order valence-corrected chi connectivity index (χ1v) is 5.82. The third-order valence-electron chi connectivity index (χ3n) is 2.81. The lowest BCUT2D eigenvalue weighted by Gasteiger charge is -2.20. The molecule has 1 fully saturated rings. The highest BCUT2D eigenvalue weighted by atomic mass is 35.5. The number of nitrogens with zero attached hydrogens (tertiary/aromatic N) is 2. The average molecular weight is 259 g/mol. The Morgan fingerprint density at radius 3 is 2.94 bits per heavy atom. The smallest absolute Gasteiger partial charge is 0.222 e. The van der Waals surface area contributed by atoms with E-state index in [1.165, 1.54) is 0 Å². The molecule has 0 atom stereocenters. The van der Waals surface area contributed by atoms with Gasteiger partial charge in [-0.3, -0.25) is 4.79 Å². The molecule has 0 N–H and O–H groups in total. The topological polar surface area (TPSA) is 52.1 Å². The van der Waals surface area contributed by atoms with Crippen molar-refractivity contribution in [3.63, 3.8) is 0 Å². The van der Waals surface area contributed by atoms with Crippen LogP contribution >= 0.6 is 11.6 Å². The van der Waals surface area contributed by atoms with Crippen molar-refractivity contribution >= 4 is 17.4 Å². The van der Waals surface area contributed by atoms with E-state index in [4.69, 9.17) is 16.3 Å². The summed E-state index contributed by atoms with van der Waals surface area (Å²) >= 11 is 5.57. The Kier molecular flexibility index (Phi) is 4.02. The molecule has 2 rings (SSSR count). The molecule has 6 heteroatoms. The van der Waals surface area contributed by atoms with Crippen LogP contribution in [0.3, 0.4) is 0 Å². The highest BCUT2D eigenvalue weighted by Crippen LogP contribution is 2.18. The second-order valence-corrected chi connectivity index (χ2v) is 4.30. The van der Waals surface area contributed by atoms with Gasteiger partial charge in [0.2, 0.25) is 5.28 Å². The zero-order chi connectivity index (χ0) is 12.3. The van der Waals surface area contributed by atoms with Gasteiger partial charge >= 0.3 is 0 Å². The van der Waals surface area contributed by atoms with Gasteiger partial charge in [-0.15, -0.1) is 0 Å². The third kappa shape index (κ3) is 3.20. The zero-order valence-corrected chi connectivity index (χ0v) is 9.91. The fourth-order valence-corrected chi connectivity index (χ4v) is 1.98. The summed E-state index contributed by atoms with van der Waals surface area (Å²) in [5.74, 6) is -0.659. The van der Waals surface area contributed by atoms with Crippen molar-refractivity contribution in [2.24, 2.45) is 5.92 Å². The van der Waals surface area contributed by atoms with Crippen molar-refractivity contribution < 1.29 is 13.9 Å². The van der Waals surface area contributed by atoms with E-state index in [0.717, 1.165) is 6.20 Å². The Labute approximate surface area is 103 Å². The van der Waals surface area contributed by atoms with Crippen LogP contribution in [-0.2, 0) is 16.0 Å². The van der Waals surface area contributed by atoms with Gasteiger partial charge in [0.05, 0.1) is 18.3 Å². The van der Waals surface area contributed by atoms with Gasteiger partial charge in [-0.2, -0.15) is 0 Å². The number of hydrogen-bond acceptors (Lipinski definition) is 4. The zero-order valence-electron chi connectivity index (χ0n) is 9.16. The lowest BCUT2D eigenvalue weighted by Crippen LogP contribution is -2.25. The second kappa shape index (κ2) is 5.51. The van der Waals surface area contributed by atoms with Crippen LogP contribution < -0.4 is 0 Å². The average Bonchev–Trinajstić information content (AvgIpc) is 2.35. The van der Waals surface area contributed by atoms with Crippen LogP contribution in [0.1, 0.15) is 18.5 Å². The molecule has 1 saturated heterocycles. The van der Waals surface area contributed by atoms with E-state index in [0.29, 0.717) is 26.1 Å². The van der Waals surface area contributed by atoms with Crippen LogP contribution in [0.5, 0.6) is 0 Å². The maximum atomic E-state index is 13.3. The van der Waals surface area contributed by atoms with Crippen LogP contribution in [0, 0.1) is 11.7 Å². The summed E-state index contributed by atoms with van der Waals surface area (Å²) in [5.41, 5.74) is 0.0708. The first kappa shape index (κ1) is 12.4. The molecule has 1 aromatic heterocycles. The number of carbonyl (C=O) groups excluding carboxylic acids is 1. The number of ketones is 1. The summed E-state index contributed by atoms with van der Waals surface area (Å²) in [4.78, 5) is 19.1. The van der Waals surface area contributed by atoms with Crippen LogP contribution in [-0.4, -0.2) is 29.0 Å². The van der Waals surface area contributed by atoms with Crippen molar-refractivity contribution in [3.05, 3.63) is 23.0 Å². The maximum Gasteiger partial charge on any atom is 0.222 e. The van der Waals surface area contributed by atoms with E-state index >= 15 is 0 Å². The van der Waals surface area contributed by atoms with E-state index < -0.39 is 5.82 Å². The highest BCUT2D eigenvalue weighted by molar-refractivity contribution is 6.28. The molecule has 0 bridgehead atoms. The number of hydrogen-bond donors (Lipinski definition) is 0. The molecule has 0 saturated carbocycles. The van der Waals surface area contributed by atoms with Crippen molar-refractivity contribution in [2.45, 2.75) is 19.3 Å². The Morgan fingerprint density at radius 2 is 2.24 bits per heavy atom. The van der Waals surface area contributed by atoms with Crippen molar-refractivity contribution in [2.75, 3.05) is 13.2 Å². The van der Waals surface area contributed by atoms with Crippen molar-refractivity contribution in [1.82, 2.24) is 9.97 Å². The Hall–Kier alpha value is -1.07. The summed E-state index contributed by atoms with van der Waals surface area (Å²) in [7, 11) is 0. The van der Waals surface area contributed by atoms with E-state index in [9.17, 15) is 9.18 Å². The van der Waals surface area contributed by atoms with E-state index in [-0.39, 0.29) is 29.1 Å². The molecule has 2 heterocycles. The number of Topliss-reactive ketones (excluding diaryl/α,β-unsaturated/α-hetero) is 1. The van der Waals surface area contributed by atoms with Gasteiger partial charge < -0.3 is 4.74 Å². The minimum Gasteiger partial charge on any atom is -0.381 e. The summed E-state index contributed by atoms with van der Waals surface area (Å²) in [6.07, 6.45) is 2.35. The van der Waals surface area contributed by atoms with E-state index in [1.54, 1.807) is 0 Å². The van der Waals surface area contributed by atoms with E-state index in [2.05, 4.69) is 9.97 Å². The molecular formula is C11H12ClFN2O2. The molecule has 17 heavy (non-hydrogen) atoms. The number of aromatic nitrogens is 2. The Bertz CT molecular complexity index is 422. The molecule has 0 aliphatic carbocycles. The SMILES string of the molecule is O=C(Cc1nc(Cl)ncc1F)C1CCOCC1. The molecule has 0 amide bonds. The van der Waals surface area contributed by atoms with Gasteiger partial charge in [-0.05, 0) is 24.4 Å². The maximum absolute atomic E-state index is 13.3. The molecule has 0 spiro atoms. The molecule has 0 unspecified atom stereocenters. The molecule has 1 aromatic rings. The second-order valence-electron chi connectivity index (χ2n) is 3.96. The number of ether oxygens (including phenoxy) is 1. The fourth-order valence-electron chi connectivity index (χ4n) is 1.83. The van der Waals surface area contributed by atoms with Crippen LogP contribution in [0.4, 0.5) is 4.39 Å². The Morgan fingerprint density at radius 1 is 1.53 bits per heavy atom. The number of rotatable bonds is 3. The van der Waals surface area contributed by atoms with Crippen LogP contribution in [0.2, 0.25) is 5.28 Å². The van der Waals surface area contributed by atoms with Gasteiger partial charge in [0.1, 0.15) is 5.78 Å². The largest absolute Gasteiger partial charge is 0.381 e. The predicted molar refractivity (Wildman–Crippen MR) is 59.3 cm³/mol. The minimum atomic E-state index is -0.588. The minimum absolute atomic E-state index is 0.0121. The summed E-state index contributed by atoms with van der Waals surface area (Å²) < 4.78 is 18.5. The third-order valence-corrected chi connectivity index (χ3v) is 2.99. The normalized spacial score (nSPS) is 17.1. The molecule has 92 valence electrons. The lowest BCUT2D eigenvalue weighted by atomic mass is 9.93. The van der Waals surface area contributed by atoms with Crippen molar-refractivity contribution in [1.29, 1.82) is 0 Å². The molecule has 0 radical (unpaired) electrons. The fraction of sp³-hybridized carbons (Fsp3) is 0.545. The summed E-state index contributed by atoms with van der Waals surface area (Å²) in [5, 5.41) is -0.0406. The molecule has 0 aromatic carbocycles. The molecule has 1 aliphatic rings. The molecular weight excluding hydrogens is 247 g/mol.